The third-order valence-electron chi connectivity index (χ3n) is 5.28. The van der Waals surface area contributed by atoms with Crippen LogP contribution in [0.5, 0.6) is 0 Å². The normalized spacial score (nSPS) is 26.6. The van der Waals surface area contributed by atoms with Crippen LogP contribution in [0, 0.1) is 0 Å². The number of nitrogens with zero attached hydrogens (tertiary/aromatic N) is 1. The minimum Gasteiger partial charge on any atom is -0.465 e. The molecule has 0 spiro atoms. The summed E-state index contributed by atoms with van der Waals surface area (Å²) in [7, 11) is 1.31. The molecule has 5 N–H and O–H groups in total. The van der Waals surface area contributed by atoms with E-state index in [-0.39, 0.29) is 0 Å². The molecule has 2 heterocycles. The van der Waals surface area contributed by atoms with Gasteiger partial charge in [0.2, 0.25) is 0 Å². The van der Waals surface area contributed by atoms with Gasteiger partial charge in [0.25, 0.3) is 0 Å². The number of methoxy groups -OCH3 is 1. The van der Waals surface area contributed by atoms with Crippen molar-refractivity contribution in [2.75, 3.05) is 13.7 Å². The van der Waals surface area contributed by atoms with Crippen LogP contribution in [-0.2, 0) is 9.47 Å². The van der Waals surface area contributed by atoms with Crippen LogP contribution < -0.4 is 0 Å². The molecule has 3 aromatic rings. The summed E-state index contributed by atoms with van der Waals surface area (Å²) in [6.45, 7) is -0.493. The monoisotopic (exact) mass is 414 g/mol. The third kappa shape index (κ3) is 3.57. The molecule has 0 unspecified atom stereocenters. The number of ether oxygens (including phenoxy) is 2. The molecule has 9 nitrogen and oxygen atoms in total. The first-order valence-electron chi connectivity index (χ1n) is 9.42. The highest BCUT2D eigenvalue weighted by Gasteiger charge is 2.43. The Morgan fingerprint density at radius 3 is 2.67 bits per heavy atom. The lowest BCUT2D eigenvalue weighted by molar-refractivity contribution is -0.231. The molecule has 0 amide bonds. The van der Waals surface area contributed by atoms with Crippen molar-refractivity contribution in [3.8, 4) is 11.4 Å². The number of aliphatic hydroxyl groups excluding tert-OH is 4. The van der Waals surface area contributed by atoms with Crippen LogP contribution in [0.2, 0.25) is 0 Å². The molecule has 9 heteroatoms. The number of hydrogen-bond donors (Lipinski definition) is 5. The quantitative estimate of drug-likeness (QED) is 0.389. The summed E-state index contributed by atoms with van der Waals surface area (Å²) < 4.78 is 10.4. The van der Waals surface area contributed by atoms with Crippen LogP contribution in [0.4, 0.5) is 0 Å². The molecule has 4 rings (SSSR count). The Labute approximate surface area is 171 Å². The number of hydrogen-bond acceptors (Lipinski definition) is 8. The van der Waals surface area contributed by atoms with E-state index in [4.69, 9.17) is 9.47 Å². The molecule has 158 valence electrons. The number of imidazole rings is 1. The van der Waals surface area contributed by atoms with Gasteiger partial charge in [0.1, 0.15) is 36.3 Å². The van der Waals surface area contributed by atoms with Crippen molar-refractivity contribution in [2.45, 2.75) is 30.5 Å². The van der Waals surface area contributed by atoms with E-state index >= 15 is 0 Å². The Hall–Kier alpha value is -2.82. The van der Waals surface area contributed by atoms with E-state index in [0.29, 0.717) is 33.5 Å². The van der Waals surface area contributed by atoms with Gasteiger partial charge in [-0.25, -0.2) is 9.78 Å². The number of carbonyl (C=O) groups is 1. The molecule has 1 aromatic heterocycles. The summed E-state index contributed by atoms with van der Waals surface area (Å²) in [5, 5.41) is 39.8. The van der Waals surface area contributed by atoms with Gasteiger partial charge in [0.05, 0.1) is 30.3 Å². The highest BCUT2D eigenvalue weighted by atomic mass is 16.5. The molecule has 0 saturated carbocycles. The first-order chi connectivity index (χ1) is 14.4. The van der Waals surface area contributed by atoms with Crippen molar-refractivity contribution in [2.24, 2.45) is 0 Å². The predicted octanol–water partition coefficient (Wildman–Crippen LogP) is 0.531. The Morgan fingerprint density at radius 2 is 1.93 bits per heavy atom. The molecule has 1 aliphatic rings. The second-order valence-electron chi connectivity index (χ2n) is 7.18. The summed E-state index contributed by atoms with van der Waals surface area (Å²) in [5.74, 6) is 0.0936. The maximum Gasteiger partial charge on any atom is 0.337 e. The fourth-order valence-corrected chi connectivity index (χ4v) is 3.63. The number of rotatable bonds is 4. The van der Waals surface area contributed by atoms with Crippen molar-refractivity contribution in [1.82, 2.24) is 9.97 Å². The summed E-state index contributed by atoms with van der Waals surface area (Å²) in [6, 6.07) is 12.0. The van der Waals surface area contributed by atoms with E-state index in [1.165, 1.54) is 7.11 Å². The minimum atomic E-state index is -1.45. The van der Waals surface area contributed by atoms with Crippen molar-refractivity contribution in [3.05, 3.63) is 53.6 Å². The molecule has 0 aliphatic carbocycles. The average molecular weight is 414 g/mol. The second kappa shape index (κ2) is 8.13. The summed E-state index contributed by atoms with van der Waals surface area (Å²) >= 11 is 0. The number of aromatic nitrogens is 2. The van der Waals surface area contributed by atoms with Gasteiger partial charge >= 0.3 is 5.97 Å². The van der Waals surface area contributed by atoms with E-state index in [9.17, 15) is 25.2 Å². The van der Waals surface area contributed by atoms with E-state index in [2.05, 4.69) is 9.97 Å². The second-order valence-corrected chi connectivity index (χ2v) is 7.18. The molecule has 0 radical (unpaired) electrons. The van der Waals surface area contributed by atoms with Crippen LogP contribution >= 0.6 is 0 Å². The molecule has 1 saturated heterocycles. The molecule has 1 aliphatic heterocycles. The predicted molar refractivity (Wildman–Crippen MR) is 106 cm³/mol. The highest BCUT2D eigenvalue weighted by Crippen LogP contribution is 2.34. The van der Waals surface area contributed by atoms with E-state index < -0.39 is 43.1 Å². The smallest absolute Gasteiger partial charge is 0.337 e. The number of nitrogens with one attached hydrogen (secondary N) is 1. The lowest BCUT2D eigenvalue weighted by Gasteiger charge is -2.40. The zero-order chi connectivity index (χ0) is 21.4. The number of benzene rings is 2. The van der Waals surface area contributed by atoms with E-state index in [1.54, 1.807) is 36.4 Å². The molecule has 1 fully saturated rings. The van der Waals surface area contributed by atoms with Gasteiger partial charge in [-0.1, -0.05) is 18.2 Å². The summed E-state index contributed by atoms with van der Waals surface area (Å²) in [4.78, 5) is 19.4. The Balaban J connectivity index is 1.67. The number of carbonyl (C=O) groups excluding carboxylic acids is 1. The first-order valence-corrected chi connectivity index (χ1v) is 9.42. The Bertz CT molecular complexity index is 1060. The molecule has 2 aromatic carbocycles. The maximum absolute atomic E-state index is 11.7. The zero-order valence-corrected chi connectivity index (χ0v) is 16.1. The topological polar surface area (TPSA) is 145 Å². The van der Waals surface area contributed by atoms with Crippen LogP contribution in [0.15, 0.2) is 42.5 Å². The van der Waals surface area contributed by atoms with Gasteiger partial charge in [-0.05, 0) is 29.8 Å². The lowest BCUT2D eigenvalue weighted by atomic mass is 9.90. The minimum absolute atomic E-state index is 0.398. The fraction of sp³-hybridized carbons (Fsp3) is 0.333. The van der Waals surface area contributed by atoms with Gasteiger partial charge in [0.15, 0.2) is 0 Å². The summed E-state index contributed by atoms with van der Waals surface area (Å²) in [5.41, 5.74) is 2.97. The third-order valence-corrected chi connectivity index (χ3v) is 5.28. The Kier molecular flexibility index (Phi) is 5.54. The molecule has 30 heavy (non-hydrogen) atoms. The molecular formula is C21H22N2O7. The fourth-order valence-electron chi connectivity index (χ4n) is 3.63. The standard InChI is InChI=1S/C21H22N2O7/c1-29-21(28)12-5-6-13-14(8-12)23-20(22-13)11-4-2-3-10(7-11)19-18(27)17(26)16(25)15(9-24)30-19/h2-8,15-19,24-27H,9H2,1H3,(H,22,23)/t15-,16-,17+,18+,19-/m1/s1. The van der Waals surface area contributed by atoms with Gasteiger partial charge in [0, 0.05) is 5.56 Å². The number of H-pyrrole nitrogens is 1. The highest BCUT2D eigenvalue weighted by molar-refractivity contribution is 5.94. The van der Waals surface area contributed by atoms with Crippen LogP contribution in [-0.4, -0.2) is 74.5 Å². The van der Waals surface area contributed by atoms with Crippen LogP contribution in [0.25, 0.3) is 22.4 Å². The Morgan fingerprint density at radius 1 is 1.13 bits per heavy atom. The lowest BCUT2D eigenvalue weighted by Crippen LogP contribution is -2.55. The van der Waals surface area contributed by atoms with Gasteiger partial charge in [-0.15, -0.1) is 0 Å². The van der Waals surface area contributed by atoms with E-state index in [0.717, 1.165) is 0 Å². The average Bonchev–Trinajstić information content (AvgIpc) is 3.21. The molecule has 0 bridgehead atoms. The van der Waals surface area contributed by atoms with Gasteiger partial charge in [-0.2, -0.15) is 0 Å². The SMILES string of the molecule is COC(=O)c1ccc2nc(-c3cccc([C@H]4O[C@H](CO)[C@@H](O)[C@H](O)[C@@H]4O)c3)[nH]c2c1. The van der Waals surface area contributed by atoms with Crippen molar-refractivity contribution < 1.29 is 34.7 Å². The van der Waals surface area contributed by atoms with Gasteiger partial charge < -0.3 is 34.9 Å². The maximum atomic E-state index is 11.7. The number of aromatic amines is 1. The van der Waals surface area contributed by atoms with Crippen molar-refractivity contribution in [1.29, 1.82) is 0 Å². The first kappa shape index (κ1) is 20.5. The van der Waals surface area contributed by atoms with Crippen molar-refractivity contribution in [3.63, 3.8) is 0 Å². The van der Waals surface area contributed by atoms with E-state index in [1.807, 2.05) is 6.07 Å². The number of fused-ring (bicyclic) bond motifs is 1. The van der Waals surface area contributed by atoms with Crippen LogP contribution in [0.3, 0.4) is 0 Å². The number of aliphatic hydroxyl groups is 4. The van der Waals surface area contributed by atoms with Crippen molar-refractivity contribution >= 4 is 17.0 Å². The molecular weight excluding hydrogens is 392 g/mol. The summed E-state index contributed by atoms with van der Waals surface area (Å²) in [6.07, 6.45) is -6.15. The zero-order valence-electron chi connectivity index (χ0n) is 16.1. The van der Waals surface area contributed by atoms with Crippen LogP contribution in [0.1, 0.15) is 22.0 Å². The number of esters is 1. The largest absolute Gasteiger partial charge is 0.465 e. The molecule has 5 atom stereocenters. The van der Waals surface area contributed by atoms with Gasteiger partial charge in [-0.3, -0.25) is 0 Å².